The van der Waals surface area contributed by atoms with E-state index in [1.54, 1.807) is 0 Å². The van der Waals surface area contributed by atoms with E-state index in [9.17, 15) is 0 Å². The molecule has 1 saturated heterocycles. The Morgan fingerprint density at radius 3 is 2.26 bits per heavy atom. The van der Waals surface area contributed by atoms with E-state index in [-0.39, 0.29) is 0 Å². The standard InChI is InChI=1S/C16H31N3/c1-2-13-5-6-15(17)16(11-13)19-9-7-18(8-10-19)12-14-3-4-14/h13-16H,2-12,17H2,1H3. The zero-order chi connectivity index (χ0) is 13.2. The second kappa shape index (κ2) is 6.11. The Kier molecular flexibility index (Phi) is 4.45. The summed E-state index contributed by atoms with van der Waals surface area (Å²) in [5, 5.41) is 0. The predicted molar refractivity (Wildman–Crippen MR) is 80.1 cm³/mol. The first-order valence-corrected chi connectivity index (χ1v) is 8.48. The second-order valence-corrected chi connectivity index (χ2v) is 7.10. The van der Waals surface area contributed by atoms with Crippen molar-refractivity contribution in [3.63, 3.8) is 0 Å². The van der Waals surface area contributed by atoms with Crippen molar-refractivity contribution in [2.75, 3.05) is 32.7 Å². The lowest BCUT2D eigenvalue weighted by Crippen LogP contribution is -2.57. The summed E-state index contributed by atoms with van der Waals surface area (Å²) in [5.74, 6) is 1.96. The molecule has 3 atom stereocenters. The molecule has 3 nitrogen and oxygen atoms in total. The van der Waals surface area contributed by atoms with Gasteiger partial charge >= 0.3 is 0 Å². The van der Waals surface area contributed by atoms with E-state index in [1.165, 1.54) is 71.2 Å². The molecule has 0 aromatic carbocycles. The smallest absolute Gasteiger partial charge is 0.0250 e. The van der Waals surface area contributed by atoms with Crippen LogP contribution in [0.1, 0.15) is 45.4 Å². The Balaban J connectivity index is 1.48. The first-order valence-electron chi connectivity index (χ1n) is 8.48. The first-order chi connectivity index (χ1) is 9.26. The fourth-order valence-electron chi connectivity index (χ4n) is 3.99. The fraction of sp³-hybridized carbons (Fsp3) is 1.00. The van der Waals surface area contributed by atoms with Gasteiger partial charge < -0.3 is 10.6 Å². The molecular formula is C16H31N3. The lowest BCUT2D eigenvalue weighted by Gasteiger charge is -2.45. The van der Waals surface area contributed by atoms with Crippen molar-refractivity contribution in [3.05, 3.63) is 0 Å². The molecular weight excluding hydrogens is 234 g/mol. The maximum atomic E-state index is 6.40. The highest BCUT2D eigenvalue weighted by molar-refractivity contribution is 4.91. The van der Waals surface area contributed by atoms with E-state index < -0.39 is 0 Å². The van der Waals surface area contributed by atoms with Crippen LogP contribution in [-0.4, -0.2) is 54.6 Å². The molecule has 0 aromatic heterocycles. The maximum absolute atomic E-state index is 6.40. The van der Waals surface area contributed by atoms with Crippen molar-refractivity contribution in [2.45, 2.75) is 57.5 Å². The van der Waals surface area contributed by atoms with Crippen LogP contribution in [0.5, 0.6) is 0 Å². The van der Waals surface area contributed by atoms with Crippen molar-refractivity contribution < 1.29 is 0 Å². The summed E-state index contributed by atoms with van der Waals surface area (Å²) in [6.07, 6.45) is 8.24. The van der Waals surface area contributed by atoms with Gasteiger partial charge in [0.1, 0.15) is 0 Å². The molecule has 0 amide bonds. The molecule has 2 saturated carbocycles. The van der Waals surface area contributed by atoms with Crippen LogP contribution in [0.4, 0.5) is 0 Å². The third-order valence-corrected chi connectivity index (χ3v) is 5.64. The normalized spacial score (nSPS) is 38.5. The van der Waals surface area contributed by atoms with Gasteiger partial charge in [0.05, 0.1) is 0 Å². The van der Waals surface area contributed by atoms with Gasteiger partial charge in [-0.15, -0.1) is 0 Å². The van der Waals surface area contributed by atoms with Crippen LogP contribution in [0, 0.1) is 11.8 Å². The van der Waals surface area contributed by atoms with Crippen LogP contribution in [0.15, 0.2) is 0 Å². The highest BCUT2D eigenvalue weighted by Crippen LogP contribution is 2.32. The second-order valence-electron chi connectivity index (χ2n) is 7.10. The lowest BCUT2D eigenvalue weighted by molar-refractivity contribution is 0.0542. The number of piperazine rings is 1. The van der Waals surface area contributed by atoms with Crippen LogP contribution in [0.2, 0.25) is 0 Å². The summed E-state index contributed by atoms with van der Waals surface area (Å²) in [5.41, 5.74) is 6.40. The van der Waals surface area contributed by atoms with Gasteiger partial charge in [0.15, 0.2) is 0 Å². The molecule has 3 heteroatoms. The topological polar surface area (TPSA) is 32.5 Å². The Morgan fingerprint density at radius 1 is 0.947 bits per heavy atom. The average molecular weight is 265 g/mol. The summed E-state index contributed by atoms with van der Waals surface area (Å²) in [7, 11) is 0. The predicted octanol–water partition coefficient (Wildman–Crippen LogP) is 1.92. The maximum Gasteiger partial charge on any atom is 0.0250 e. The van der Waals surface area contributed by atoms with Gasteiger partial charge in [-0.2, -0.15) is 0 Å². The molecule has 3 unspecified atom stereocenters. The van der Waals surface area contributed by atoms with Crippen LogP contribution in [0.25, 0.3) is 0 Å². The number of nitrogens with two attached hydrogens (primary N) is 1. The molecule has 1 aliphatic heterocycles. The molecule has 1 heterocycles. The van der Waals surface area contributed by atoms with Crippen molar-refractivity contribution in [2.24, 2.45) is 17.6 Å². The number of hydrogen-bond donors (Lipinski definition) is 1. The van der Waals surface area contributed by atoms with E-state index in [4.69, 9.17) is 5.73 Å². The SMILES string of the molecule is CCC1CCC(N)C(N2CCN(CC3CC3)CC2)C1. The van der Waals surface area contributed by atoms with Crippen molar-refractivity contribution in [1.29, 1.82) is 0 Å². The van der Waals surface area contributed by atoms with Gasteiger partial charge in [-0.05, 0) is 43.9 Å². The summed E-state index contributed by atoms with van der Waals surface area (Å²) < 4.78 is 0. The minimum atomic E-state index is 0.429. The Bertz CT molecular complexity index is 282. The van der Waals surface area contributed by atoms with Crippen LogP contribution in [0.3, 0.4) is 0 Å². The van der Waals surface area contributed by atoms with Gasteiger partial charge in [0.2, 0.25) is 0 Å². The quantitative estimate of drug-likeness (QED) is 0.843. The zero-order valence-electron chi connectivity index (χ0n) is 12.6. The highest BCUT2D eigenvalue weighted by Gasteiger charge is 2.34. The van der Waals surface area contributed by atoms with E-state index in [0.717, 1.165) is 11.8 Å². The van der Waals surface area contributed by atoms with Gasteiger partial charge in [-0.25, -0.2) is 0 Å². The molecule has 110 valence electrons. The lowest BCUT2D eigenvalue weighted by atomic mass is 9.80. The van der Waals surface area contributed by atoms with Gasteiger partial charge in [0, 0.05) is 44.8 Å². The minimum Gasteiger partial charge on any atom is -0.326 e. The molecule has 3 rings (SSSR count). The molecule has 0 bridgehead atoms. The third kappa shape index (κ3) is 3.50. The molecule has 0 spiro atoms. The van der Waals surface area contributed by atoms with Gasteiger partial charge in [-0.1, -0.05) is 13.3 Å². The highest BCUT2D eigenvalue weighted by atomic mass is 15.3. The summed E-state index contributed by atoms with van der Waals surface area (Å²) in [6, 6.07) is 1.10. The van der Waals surface area contributed by atoms with Crippen molar-refractivity contribution >= 4 is 0 Å². The van der Waals surface area contributed by atoms with E-state index >= 15 is 0 Å². The molecule has 3 aliphatic rings. The van der Waals surface area contributed by atoms with Crippen LogP contribution in [-0.2, 0) is 0 Å². The van der Waals surface area contributed by atoms with Crippen molar-refractivity contribution in [3.8, 4) is 0 Å². The van der Waals surface area contributed by atoms with Crippen LogP contribution >= 0.6 is 0 Å². The summed E-state index contributed by atoms with van der Waals surface area (Å²) in [6.45, 7) is 8.75. The molecule has 0 radical (unpaired) electrons. The zero-order valence-corrected chi connectivity index (χ0v) is 12.6. The fourth-order valence-corrected chi connectivity index (χ4v) is 3.99. The Hall–Kier alpha value is -0.120. The number of rotatable bonds is 4. The largest absolute Gasteiger partial charge is 0.326 e. The molecule has 3 fully saturated rings. The first kappa shape index (κ1) is 13.8. The molecule has 2 N–H and O–H groups in total. The van der Waals surface area contributed by atoms with E-state index in [1.807, 2.05) is 0 Å². The number of hydrogen-bond acceptors (Lipinski definition) is 3. The third-order valence-electron chi connectivity index (χ3n) is 5.64. The molecule has 2 aliphatic carbocycles. The van der Waals surface area contributed by atoms with Crippen molar-refractivity contribution in [1.82, 2.24) is 9.80 Å². The monoisotopic (exact) mass is 265 g/mol. The Morgan fingerprint density at radius 2 is 1.63 bits per heavy atom. The average Bonchev–Trinajstić information content (AvgIpc) is 3.24. The van der Waals surface area contributed by atoms with E-state index in [0.29, 0.717) is 12.1 Å². The van der Waals surface area contributed by atoms with Crippen LogP contribution < -0.4 is 5.73 Å². The van der Waals surface area contributed by atoms with E-state index in [2.05, 4.69) is 16.7 Å². The van der Waals surface area contributed by atoms with Gasteiger partial charge in [-0.3, -0.25) is 4.90 Å². The Labute approximate surface area is 118 Å². The summed E-state index contributed by atoms with van der Waals surface area (Å²) >= 11 is 0. The summed E-state index contributed by atoms with van der Waals surface area (Å²) in [4.78, 5) is 5.38. The number of nitrogens with zero attached hydrogens (tertiary/aromatic N) is 2. The van der Waals surface area contributed by atoms with Gasteiger partial charge in [0.25, 0.3) is 0 Å². The molecule has 19 heavy (non-hydrogen) atoms. The molecule has 0 aromatic rings. The minimum absolute atomic E-state index is 0.429.